The third kappa shape index (κ3) is 3.43. The molecule has 0 saturated heterocycles. The van der Waals surface area contributed by atoms with Crippen molar-refractivity contribution in [2.24, 2.45) is 0 Å². The van der Waals surface area contributed by atoms with Gasteiger partial charge in [0.25, 0.3) is 0 Å². The summed E-state index contributed by atoms with van der Waals surface area (Å²) >= 11 is 3.49. The molecule has 1 aliphatic carbocycles. The smallest absolute Gasteiger partial charge is 0.135 e. The van der Waals surface area contributed by atoms with Crippen LogP contribution in [0.4, 0.5) is 11.5 Å². The topological polar surface area (TPSA) is 37.8 Å². The summed E-state index contributed by atoms with van der Waals surface area (Å²) in [6.07, 6.45) is 2.41. The van der Waals surface area contributed by atoms with Crippen LogP contribution in [0.3, 0.4) is 0 Å². The van der Waals surface area contributed by atoms with Crippen LogP contribution in [0.15, 0.2) is 34.9 Å². The molecule has 21 heavy (non-hydrogen) atoms. The van der Waals surface area contributed by atoms with Crippen molar-refractivity contribution in [3.63, 3.8) is 0 Å². The van der Waals surface area contributed by atoms with Crippen LogP contribution in [-0.4, -0.2) is 9.97 Å². The molecule has 0 radical (unpaired) electrons. The Bertz CT molecular complexity index is 657. The first kappa shape index (κ1) is 14.5. The number of aromatic nitrogens is 2. The molecule has 0 atom stereocenters. The molecule has 110 valence electrons. The van der Waals surface area contributed by atoms with Gasteiger partial charge in [-0.05, 0) is 45.8 Å². The summed E-state index contributed by atoms with van der Waals surface area (Å²) in [5.41, 5.74) is 2.48. The lowest BCUT2D eigenvalue weighted by Crippen LogP contribution is -2.14. The number of nitrogens with zero attached hydrogens (tertiary/aromatic N) is 2. The molecule has 2 aromatic rings. The van der Waals surface area contributed by atoms with Crippen LogP contribution < -0.4 is 5.32 Å². The number of anilines is 2. The monoisotopic (exact) mass is 345 g/mol. The normalized spacial score (nSPS) is 15.0. The highest BCUT2D eigenvalue weighted by atomic mass is 79.9. The molecule has 1 N–H and O–H groups in total. The number of benzene rings is 1. The molecule has 0 bridgehead atoms. The summed E-state index contributed by atoms with van der Waals surface area (Å²) in [5, 5.41) is 3.46. The quantitative estimate of drug-likeness (QED) is 0.781. The Labute approximate surface area is 134 Å². The molecule has 0 spiro atoms. The molecule has 1 aliphatic rings. The van der Waals surface area contributed by atoms with Crippen molar-refractivity contribution >= 4 is 27.4 Å². The number of hydrogen-bond donors (Lipinski definition) is 1. The Balaban J connectivity index is 1.94. The fourth-order valence-corrected chi connectivity index (χ4v) is 2.81. The average Bonchev–Trinajstić information content (AvgIpc) is 3.21. The second-order valence-corrected chi connectivity index (χ2v) is 7.44. The van der Waals surface area contributed by atoms with Gasteiger partial charge in [0.2, 0.25) is 0 Å². The van der Waals surface area contributed by atoms with Crippen molar-refractivity contribution < 1.29 is 0 Å². The zero-order valence-corrected chi connectivity index (χ0v) is 14.2. The van der Waals surface area contributed by atoms with Crippen LogP contribution in [0.25, 0.3) is 0 Å². The van der Waals surface area contributed by atoms with E-state index in [1.54, 1.807) is 0 Å². The van der Waals surface area contributed by atoms with Gasteiger partial charge in [-0.1, -0.05) is 39.0 Å². The van der Waals surface area contributed by atoms with Crippen molar-refractivity contribution in [1.82, 2.24) is 9.97 Å². The molecule has 1 aromatic heterocycles. The molecule has 0 amide bonds. The highest BCUT2D eigenvalue weighted by Gasteiger charge is 2.27. The number of halogens is 1. The molecule has 4 heteroatoms. The molecule has 0 aliphatic heterocycles. The highest BCUT2D eigenvalue weighted by molar-refractivity contribution is 9.10. The zero-order valence-electron chi connectivity index (χ0n) is 12.7. The first-order chi connectivity index (χ1) is 9.93. The lowest BCUT2D eigenvalue weighted by atomic mass is 9.86. The van der Waals surface area contributed by atoms with E-state index in [-0.39, 0.29) is 5.41 Å². The fourth-order valence-electron chi connectivity index (χ4n) is 2.41. The van der Waals surface area contributed by atoms with Crippen LogP contribution >= 0.6 is 15.9 Å². The summed E-state index contributed by atoms with van der Waals surface area (Å²) in [6, 6.07) is 10.3. The van der Waals surface area contributed by atoms with Gasteiger partial charge in [0.1, 0.15) is 16.2 Å². The van der Waals surface area contributed by atoms with E-state index in [0.29, 0.717) is 5.92 Å². The van der Waals surface area contributed by atoms with Crippen molar-refractivity contribution in [3.8, 4) is 0 Å². The van der Waals surface area contributed by atoms with E-state index in [1.165, 1.54) is 18.4 Å². The van der Waals surface area contributed by atoms with E-state index in [1.807, 2.05) is 6.07 Å². The Morgan fingerprint density at radius 2 is 1.86 bits per heavy atom. The number of para-hydroxylation sites is 1. The zero-order chi connectivity index (χ0) is 15.0. The van der Waals surface area contributed by atoms with E-state index in [2.05, 4.69) is 76.3 Å². The molecule has 1 aromatic carbocycles. The second-order valence-electron chi connectivity index (χ2n) is 6.63. The van der Waals surface area contributed by atoms with Crippen molar-refractivity contribution in [2.75, 3.05) is 5.32 Å². The summed E-state index contributed by atoms with van der Waals surface area (Å²) in [6.45, 7) is 6.66. The van der Waals surface area contributed by atoms with Crippen LogP contribution in [0.2, 0.25) is 0 Å². The highest BCUT2D eigenvalue weighted by Crippen LogP contribution is 2.39. The van der Waals surface area contributed by atoms with Crippen LogP contribution in [0.1, 0.15) is 50.9 Å². The number of hydrogen-bond acceptors (Lipinski definition) is 3. The maximum atomic E-state index is 4.66. The van der Waals surface area contributed by atoms with E-state index in [9.17, 15) is 0 Å². The molecule has 3 nitrogen and oxygen atoms in total. The average molecular weight is 346 g/mol. The SMILES string of the molecule is CC(C)(C)c1ccccc1Nc1cc(Br)nc(C2CC2)n1. The van der Waals surface area contributed by atoms with Crippen LogP contribution in [-0.2, 0) is 5.41 Å². The van der Waals surface area contributed by atoms with Crippen LogP contribution in [0, 0.1) is 0 Å². The lowest BCUT2D eigenvalue weighted by molar-refractivity contribution is 0.592. The Hall–Kier alpha value is -1.42. The van der Waals surface area contributed by atoms with E-state index < -0.39 is 0 Å². The first-order valence-corrected chi connectivity index (χ1v) is 8.14. The largest absolute Gasteiger partial charge is 0.340 e. The second kappa shape index (κ2) is 5.41. The van der Waals surface area contributed by atoms with Gasteiger partial charge in [0, 0.05) is 17.7 Å². The molecular weight excluding hydrogens is 326 g/mol. The molecule has 1 heterocycles. The van der Waals surface area contributed by atoms with Crippen molar-refractivity contribution in [2.45, 2.75) is 44.9 Å². The van der Waals surface area contributed by atoms with Crippen molar-refractivity contribution in [1.29, 1.82) is 0 Å². The summed E-state index contributed by atoms with van der Waals surface area (Å²) in [4.78, 5) is 9.14. The third-order valence-electron chi connectivity index (χ3n) is 3.65. The predicted molar refractivity (Wildman–Crippen MR) is 90.1 cm³/mol. The summed E-state index contributed by atoms with van der Waals surface area (Å²) in [7, 11) is 0. The van der Waals surface area contributed by atoms with Gasteiger partial charge in [0.15, 0.2) is 0 Å². The predicted octanol–water partition coefficient (Wildman–Crippen LogP) is 5.16. The molecule has 1 fully saturated rings. The van der Waals surface area contributed by atoms with E-state index in [0.717, 1.165) is 21.9 Å². The van der Waals surface area contributed by atoms with Gasteiger partial charge in [-0.2, -0.15) is 0 Å². The number of rotatable bonds is 3. The maximum Gasteiger partial charge on any atom is 0.135 e. The Kier molecular flexibility index (Phi) is 3.74. The van der Waals surface area contributed by atoms with Gasteiger partial charge < -0.3 is 5.32 Å². The standard InChI is InChI=1S/C17H20BrN3/c1-17(2,3)12-6-4-5-7-13(12)19-15-10-14(18)20-16(21-15)11-8-9-11/h4-7,10-11H,8-9H2,1-3H3,(H,19,20,21). The van der Waals surface area contributed by atoms with Crippen LogP contribution in [0.5, 0.6) is 0 Å². The molecular formula is C17H20BrN3. The maximum absolute atomic E-state index is 4.66. The lowest BCUT2D eigenvalue weighted by Gasteiger charge is -2.23. The summed E-state index contributed by atoms with van der Waals surface area (Å²) < 4.78 is 0.843. The Morgan fingerprint density at radius 3 is 2.52 bits per heavy atom. The molecule has 1 saturated carbocycles. The molecule has 3 rings (SSSR count). The number of nitrogens with one attached hydrogen (secondary N) is 1. The minimum atomic E-state index is 0.0905. The third-order valence-corrected chi connectivity index (χ3v) is 4.06. The van der Waals surface area contributed by atoms with Gasteiger partial charge in [-0.15, -0.1) is 0 Å². The van der Waals surface area contributed by atoms with E-state index >= 15 is 0 Å². The van der Waals surface area contributed by atoms with Gasteiger partial charge in [-0.3, -0.25) is 0 Å². The van der Waals surface area contributed by atoms with E-state index in [4.69, 9.17) is 0 Å². The first-order valence-electron chi connectivity index (χ1n) is 7.34. The summed E-state index contributed by atoms with van der Waals surface area (Å²) in [5.74, 6) is 2.34. The minimum absolute atomic E-state index is 0.0905. The molecule has 0 unspecified atom stereocenters. The minimum Gasteiger partial charge on any atom is -0.340 e. The Morgan fingerprint density at radius 1 is 1.14 bits per heavy atom. The van der Waals surface area contributed by atoms with Crippen molar-refractivity contribution in [3.05, 3.63) is 46.3 Å². The van der Waals surface area contributed by atoms with Gasteiger partial charge in [0.05, 0.1) is 0 Å². The van der Waals surface area contributed by atoms with Gasteiger partial charge >= 0.3 is 0 Å². The van der Waals surface area contributed by atoms with Gasteiger partial charge in [-0.25, -0.2) is 9.97 Å². The fraction of sp³-hybridized carbons (Fsp3) is 0.412.